The van der Waals surface area contributed by atoms with E-state index in [0.717, 1.165) is 0 Å². The molecule has 0 spiro atoms. The first-order chi connectivity index (χ1) is 7.90. The smallest absolute Gasteiger partial charge is 0.258 e. The molecule has 17 heavy (non-hydrogen) atoms. The number of carbonyl (C=O) groups excluding carboxylic acids is 1. The van der Waals surface area contributed by atoms with E-state index in [2.05, 4.69) is 14.7 Å². The summed E-state index contributed by atoms with van der Waals surface area (Å²) in [6.07, 6.45) is 2.18. The fraction of sp³-hybridized carbons (Fsp3) is 0.600. The summed E-state index contributed by atoms with van der Waals surface area (Å²) >= 11 is 0. The summed E-state index contributed by atoms with van der Waals surface area (Å²) in [6.45, 7) is 5.09. The summed E-state index contributed by atoms with van der Waals surface area (Å²) in [5.74, 6) is 0.448. The Morgan fingerprint density at radius 2 is 2.18 bits per heavy atom. The van der Waals surface area contributed by atoms with Gasteiger partial charge in [-0.05, 0) is 6.92 Å². The van der Waals surface area contributed by atoms with E-state index in [4.69, 9.17) is 0 Å². The SMILES string of the molecule is CCC(=O)C(C)NS(=O)(=O)c1cnc(CC)[nH]1. The standard InChI is InChI=1S/C10H17N3O3S/c1-4-8(14)7(3)13-17(15,16)10-6-11-9(5-2)12-10/h6-7,13H,4-5H2,1-3H3,(H,11,12). The number of aromatic nitrogens is 2. The van der Waals surface area contributed by atoms with Crippen molar-refractivity contribution in [2.24, 2.45) is 0 Å². The zero-order chi connectivity index (χ0) is 13.1. The number of hydrogen-bond acceptors (Lipinski definition) is 4. The molecule has 2 N–H and O–H groups in total. The number of nitrogens with zero attached hydrogens (tertiary/aromatic N) is 1. The van der Waals surface area contributed by atoms with Gasteiger partial charge in [-0.25, -0.2) is 13.4 Å². The molecule has 0 saturated carbocycles. The van der Waals surface area contributed by atoms with Gasteiger partial charge in [0.25, 0.3) is 10.0 Å². The molecular weight excluding hydrogens is 242 g/mol. The summed E-state index contributed by atoms with van der Waals surface area (Å²) in [5, 5.41) is -0.00916. The molecular formula is C10H17N3O3S. The zero-order valence-electron chi connectivity index (χ0n) is 10.1. The average molecular weight is 259 g/mol. The molecule has 0 amide bonds. The van der Waals surface area contributed by atoms with E-state index >= 15 is 0 Å². The van der Waals surface area contributed by atoms with Crippen LogP contribution in [0, 0.1) is 0 Å². The highest BCUT2D eigenvalue weighted by Gasteiger charge is 2.22. The monoisotopic (exact) mass is 259 g/mol. The number of imidazole rings is 1. The van der Waals surface area contributed by atoms with E-state index in [1.165, 1.54) is 13.1 Å². The second kappa shape index (κ2) is 5.42. The van der Waals surface area contributed by atoms with Crippen molar-refractivity contribution in [3.05, 3.63) is 12.0 Å². The Labute approximate surface area is 101 Å². The number of ketones is 1. The Balaban J connectivity index is 2.85. The van der Waals surface area contributed by atoms with Crippen LogP contribution in [-0.2, 0) is 21.2 Å². The molecule has 1 aromatic rings. The summed E-state index contributed by atoms with van der Waals surface area (Å²) in [5.41, 5.74) is 0. The van der Waals surface area contributed by atoms with Crippen LogP contribution in [0.2, 0.25) is 0 Å². The van der Waals surface area contributed by atoms with Gasteiger partial charge in [-0.15, -0.1) is 0 Å². The third-order valence-corrected chi connectivity index (χ3v) is 3.84. The lowest BCUT2D eigenvalue weighted by molar-refractivity contribution is -0.119. The quantitative estimate of drug-likeness (QED) is 0.783. The molecule has 0 aliphatic carbocycles. The number of nitrogens with one attached hydrogen (secondary N) is 2. The molecule has 0 aliphatic heterocycles. The van der Waals surface area contributed by atoms with Crippen molar-refractivity contribution < 1.29 is 13.2 Å². The fourth-order valence-electron chi connectivity index (χ4n) is 1.33. The molecule has 1 heterocycles. The first-order valence-corrected chi connectivity index (χ1v) is 6.98. The Morgan fingerprint density at radius 1 is 1.53 bits per heavy atom. The predicted octanol–water partition coefficient (Wildman–Crippen LogP) is 0.618. The first-order valence-electron chi connectivity index (χ1n) is 5.49. The van der Waals surface area contributed by atoms with Crippen LogP contribution < -0.4 is 4.72 Å². The molecule has 0 aliphatic rings. The second-order valence-corrected chi connectivity index (χ2v) is 5.39. The number of hydrogen-bond donors (Lipinski definition) is 2. The molecule has 7 heteroatoms. The minimum Gasteiger partial charge on any atom is -0.332 e. The van der Waals surface area contributed by atoms with Crippen molar-refractivity contribution in [1.82, 2.24) is 14.7 Å². The van der Waals surface area contributed by atoms with Gasteiger partial charge >= 0.3 is 0 Å². The van der Waals surface area contributed by atoms with E-state index in [0.29, 0.717) is 18.7 Å². The third kappa shape index (κ3) is 3.37. The van der Waals surface area contributed by atoms with Crippen molar-refractivity contribution >= 4 is 15.8 Å². The van der Waals surface area contributed by atoms with Crippen LogP contribution in [0.4, 0.5) is 0 Å². The van der Waals surface area contributed by atoms with Crippen LogP contribution in [0.3, 0.4) is 0 Å². The van der Waals surface area contributed by atoms with E-state index in [1.54, 1.807) is 6.92 Å². The van der Waals surface area contributed by atoms with E-state index in [-0.39, 0.29) is 10.8 Å². The molecule has 0 saturated heterocycles. The van der Waals surface area contributed by atoms with Crippen molar-refractivity contribution in [3.63, 3.8) is 0 Å². The third-order valence-electron chi connectivity index (χ3n) is 2.39. The largest absolute Gasteiger partial charge is 0.332 e. The molecule has 0 aromatic carbocycles. The zero-order valence-corrected chi connectivity index (χ0v) is 11.0. The molecule has 1 rings (SSSR count). The van der Waals surface area contributed by atoms with E-state index in [1.807, 2.05) is 6.92 Å². The maximum absolute atomic E-state index is 11.9. The van der Waals surface area contributed by atoms with Gasteiger partial charge in [-0.1, -0.05) is 13.8 Å². The molecule has 0 fully saturated rings. The van der Waals surface area contributed by atoms with Crippen molar-refractivity contribution in [2.45, 2.75) is 44.7 Å². The highest BCUT2D eigenvalue weighted by molar-refractivity contribution is 7.89. The summed E-state index contributed by atoms with van der Waals surface area (Å²) in [4.78, 5) is 17.9. The summed E-state index contributed by atoms with van der Waals surface area (Å²) < 4.78 is 26.0. The Morgan fingerprint density at radius 3 is 2.65 bits per heavy atom. The number of Topliss-reactive ketones (excluding diaryl/α,β-unsaturated/α-hetero) is 1. The topological polar surface area (TPSA) is 91.9 Å². The minimum atomic E-state index is -3.69. The number of rotatable bonds is 6. The lowest BCUT2D eigenvalue weighted by Crippen LogP contribution is -2.38. The van der Waals surface area contributed by atoms with Crippen LogP contribution in [-0.4, -0.2) is 30.2 Å². The van der Waals surface area contributed by atoms with Crippen molar-refractivity contribution in [1.29, 1.82) is 0 Å². The number of H-pyrrole nitrogens is 1. The van der Waals surface area contributed by atoms with Gasteiger partial charge in [-0.2, -0.15) is 4.72 Å². The Kier molecular flexibility index (Phi) is 4.41. The number of sulfonamides is 1. The number of carbonyl (C=O) groups is 1. The van der Waals surface area contributed by atoms with Crippen LogP contribution in [0.15, 0.2) is 11.2 Å². The van der Waals surface area contributed by atoms with Gasteiger partial charge in [0.2, 0.25) is 0 Å². The van der Waals surface area contributed by atoms with Crippen LogP contribution in [0.25, 0.3) is 0 Å². The molecule has 0 bridgehead atoms. The number of aryl methyl sites for hydroxylation is 1. The second-order valence-electron chi connectivity index (χ2n) is 3.71. The van der Waals surface area contributed by atoms with Crippen molar-refractivity contribution in [3.8, 4) is 0 Å². The van der Waals surface area contributed by atoms with Crippen LogP contribution >= 0.6 is 0 Å². The van der Waals surface area contributed by atoms with E-state index in [9.17, 15) is 13.2 Å². The predicted molar refractivity (Wildman–Crippen MR) is 63.0 cm³/mol. The molecule has 0 radical (unpaired) electrons. The van der Waals surface area contributed by atoms with Gasteiger partial charge < -0.3 is 4.98 Å². The number of aromatic amines is 1. The first kappa shape index (κ1) is 13.9. The lowest BCUT2D eigenvalue weighted by atomic mass is 10.2. The highest BCUT2D eigenvalue weighted by Crippen LogP contribution is 2.07. The molecule has 1 aromatic heterocycles. The summed E-state index contributed by atoms with van der Waals surface area (Å²) in [7, 11) is -3.69. The van der Waals surface area contributed by atoms with Gasteiger partial charge in [0.1, 0.15) is 11.6 Å². The average Bonchev–Trinajstić information content (AvgIpc) is 2.76. The van der Waals surface area contributed by atoms with Gasteiger partial charge in [-0.3, -0.25) is 4.79 Å². The van der Waals surface area contributed by atoms with Gasteiger partial charge in [0.05, 0.1) is 12.2 Å². The van der Waals surface area contributed by atoms with Gasteiger partial charge in [0, 0.05) is 12.8 Å². The molecule has 1 unspecified atom stereocenters. The molecule has 1 atom stereocenters. The lowest BCUT2D eigenvalue weighted by Gasteiger charge is -2.10. The maximum Gasteiger partial charge on any atom is 0.258 e. The maximum atomic E-state index is 11.9. The van der Waals surface area contributed by atoms with Crippen molar-refractivity contribution in [2.75, 3.05) is 0 Å². The van der Waals surface area contributed by atoms with E-state index < -0.39 is 16.1 Å². The fourth-order valence-corrected chi connectivity index (χ4v) is 2.50. The Bertz CT molecular complexity index is 493. The molecule has 96 valence electrons. The normalized spacial score (nSPS) is 13.6. The highest BCUT2D eigenvalue weighted by atomic mass is 32.2. The van der Waals surface area contributed by atoms with Crippen LogP contribution in [0.5, 0.6) is 0 Å². The minimum absolute atomic E-state index is 0.00916. The van der Waals surface area contributed by atoms with Crippen LogP contribution in [0.1, 0.15) is 33.0 Å². The molecule has 6 nitrogen and oxygen atoms in total. The Hall–Kier alpha value is -1.21. The summed E-state index contributed by atoms with van der Waals surface area (Å²) in [6, 6.07) is -0.724. The van der Waals surface area contributed by atoms with Gasteiger partial charge in [0.15, 0.2) is 5.03 Å².